The number of carboxylic acid groups (broad SMARTS) is 1. The Kier molecular flexibility index (Phi) is 5.84. The number of carboxylic acids is 1. The Morgan fingerprint density at radius 3 is 2.47 bits per heavy atom. The molecule has 8 heteroatoms. The Hall–Kier alpha value is -3.09. The number of H-pyrrole nitrogens is 1. The van der Waals surface area contributed by atoms with Gasteiger partial charge in [-0.3, -0.25) is 0 Å². The lowest BCUT2D eigenvalue weighted by atomic mass is 10.0. The van der Waals surface area contributed by atoms with Crippen LogP contribution in [0.3, 0.4) is 0 Å². The van der Waals surface area contributed by atoms with Gasteiger partial charge in [-0.25, -0.2) is 4.79 Å². The number of benzene rings is 3. The summed E-state index contributed by atoms with van der Waals surface area (Å²) in [6.07, 6.45) is 2.60. The number of aromatic nitrogens is 1. The van der Waals surface area contributed by atoms with Crippen molar-refractivity contribution in [3.05, 3.63) is 93.1 Å². The van der Waals surface area contributed by atoms with E-state index in [9.17, 15) is 13.6 Å². The minimum absolute atomic E-state index is 0.100. The number of hydrogen-bond donors (Lipinski definition) is 2. The fourth-order valence-corrected chi connectivity index (χ4v) is 3.90. The number of carbonyl (C=O) groups is 1. The van der Waals surface area contributed by atoms with E-state index in [0.717, 1.165) is 34.2 Å². The van der Waals surface area contributed by atoms with Gasteiger partial charge in [0, 0.05) is 27.7 Å². The first-order valence-electron chi connectivity index (χ1n) is 9.59. The van der Waals surface area contributed by atoms with Crippen molar-refractivity contribution in [1.29, 1.82) is 0 Å². The number of aryl methyl sites for hydroxylation is 1. The molecule has 0 atom stereocenters. The van der Waals surface area contributed by atoms with Gasteiger partial charge in [0.15, 0.2) is 0 Å². The first-order chi connectivity index (χ1) is 15.1. The predicted octanol–water partition coefficient (Wildman–Crippen LogP) is 7.34. The highest BCUT2D eigenvalue weighted by Gasteiger charge is 2.41. The predicted molar refractivity (Wildman–Crippen MR) is 120 cm³/mol. The van der Waals surface area contributed by atoms with Gasteiger partial charge in [-0.15, -0.1) is 0 Å². The topological polar surface area (TPSA) is 62.3 Å². The minimum Gasteiger partial charge on any atom is -0.477 e. The lowest BCUT2D eigenvalue weighted by Crippen LogP contribution is -2.25. The molecule has 0 amide bonds. The summed E-state index contributed by atoms with van der Waals surface area (Å²) in [6, 6.07) is 15.0. The van der Waals surface area contributed by atoms with Crippen LogP contribution in [0.2, 0.25) is 10.0 Å². The quantitative estimate of drug-likeness (QED) is 0.306. The summed E-state index contributed by atoms with van der Waals surface area (Å²) in [4.78, 5) is 14.1. The Labute approximate surface area is 192 Å². The van der Waals surface area contributed by atoms with E-state index in [0.29, 0.717) is 22.8 Å². The van der Waals surface area contributed by atoms with Crippen molar-refractivity contribution in [1.82, 2.24) is 4.98 Å². The molecule has 0 saturated heterocycles. The summed E-state index contributed by atoms with van der Waals surface area (Å²) < 4.78 is 33.7. The van der Waals surface area contributed by atoms with Gasteiger partial charge < -0.3 is 14.8 Å². The number of halogens is 4. The molecule has 0 radical (unpaired) electrons. The van der Waals surface area contributed by atoms with Crippen molar-refractivity contribution >= 4 is 40.1 Å². The van der Waals surface area contributed by atoms with Crippen LogP contribution in [0.1, 0.15) is 22.3 Å². The first kappa shape index (κ1) is 22.1. The van der Waals surface area contributed by atoms with Gasteiger partial charge in [-0.1, -0.05) is 35.3 Å². The highest BCUT2D eigenvalue weighted by molar-refractivity contribution is 6.32. The van der Waals surface area contributed by atoms with Crippen LogP contribution in [0.15, 0.2) is 60.8 Å². The standard InChI is InChI=1S/C24H17Cl2F2NO3/c1-13-8-16(24(27,28)23(30)31)10-20(26)22(13)32-18-6-7-21-19(11-18)15(12-29-21)9-14-2-4-17(25)5-3-14/h2-8,10-12,29H,9H2,1H3,(H,30,31). The van der Waals surface area contributed by atoms with Crippen LogP contribution in [0.25, 0.3) is 10.9 Å². The largest absolute Gasteiger partial charge is 0.477 e. The maximum absolute atomic E-state index is 13.9. The number of fused-ring (bicyclic) bond motifs is 1. The van der Waals surface area contributed by atoms with Crippen LogP contribution >= 0.6 is 23.2 Å². The van der Waals surface area contributed by atoms with Crippen molar-refractivity contribution in [2.45, 2.75) is 19.3 Å². The molecule has 4 rings (SSSR count). The first-order valence-corrected chi connectivity index (χ1v) is 10.3. The Balaban J connectivity index is 1.65. The molecule has 0 saturated carbocycles. The second-order valence-corrected chi connectivity index (χ2v) is 8.25. The molecule has 0 fully saturated rings. The maximum atomic E-state index is 13.9. The molecule has 0 aliphatic heterocycles. The van der Waals surface area contributed by atoms with Gasteiger partial charge in [0.05, 0.1) is 5.02 Å². The number of aromatic amines is 1. The van der Waals surface area contributed by atoms with Gasteiger partial charge >= 0.3 is 11.9 Å². The average Bonchev–Trinajstić information content (AvgIpc) is 3.14. The van der Waals surface area contributed by atoms with Gasteiger partial charge in [-0.05, 0) is 72.5 Å². The molecule has 1 heterocycles. The number of nitrogens with one attached hydrogen (secondary N) is 1. The van der Waals surface area contributed by atoms with Crippen molar-refractivity contribution in [2.24, 2.45) is 0 Å². The van der Waals surface area contributed by atoms with E-state index in [1.165, 1.54) is 6.92 Å². The van der Waals surface area contributed by atoms with Crippen molar-refractivity contribution in [2.75, 3.05) is 0 Å². The van der Waals surface area contributed by atoms with Crippen LogP contribution in [0.4, 0.5) is 8.78 Å². The summed E-state index contributed by atoms with van der Waals surface area (Å²) in [6.45, 7) is 1.53. The highest BCUT2D eigenvalue weighted by Crippen LogP contribution is 2.39. The second-order valence-electron chi connectivity index (χ2n) is 7.41. The third kappa shape index (κ3) is 4.29. The molecular formula is C24H17Cl2F2NO3. The summed E-state index contributed by atoms with van der Waals surface area (Å²) >= 11 is 12.1. The molecule has 1 aromatic heterocycles. The van der Waals surface area contributed by atoms with E-state index >= 15 is 0 Å². The smallest absolute Gasteiger partial charge is 0.379 e. The summed E-state index contributed by atoms with van der Waals surface area (Å²) in [5.41, 5.74) is 2.65. The summed E-state index contributed by atoms with van der Waals surface area (Å²) in [5, 5.41) is 10.3. The van der Waals surface area contributed by atoms with E-state index < -0.39 is 17.5 Å². The molecule has 0 aliphatic rings. The van der Waals surface area contributed by atoms with E-state index in [-0.39, 0.29) is 10.8 Å². The van der Waals surface area contributed by atoms with Crippen molar-refractivity contribution in [3.63, 3.8) is 0 Å². The zero-order valence-electron chi connectivity index (χ0n) is 16.8. The maximum Gasteiger partial charge on any atom is 0.379 e. The number of hydrogen-bond acceptors (Lipinski definition) is 2. The monoisotopic (exact) mass is 475 g/mol. The van der Waals surface area contributed by atoms with Gasteiger partial charge in [0.1, 0.15) is 11.5 Å². The number of ether oxygens (including phenoxy) is 1. The van der Waals surface area contributed by atoms with Crippen LogP contribution in [0.5, 0.6) is 11.5 Å². The number of aliphatic carboxylic acids is 1. The molecule has 32 heavy (non-hydrogen) atoms. The average molecular weight is 476 g/mol. The van der Waals surface area contributed by atoms with Crippen LogP contribution in [0, 0.1) is 6.92 Å². The molecule has 0 unspecified atom stereocenters. The zero-order valence-corrected chi connectivity index (χ0v) is 18.3. The van der Waals surface area contributed by atoms with E-state index in [4.69, 9.17) is 33.0 Å². The summed E-state index contributed by atoms with van der Waals surface area (Å²) in [7, 11) is 0. The molecule has 4 aromatic rings. The lowest BCUT2D eigenvalue weighted by molar-refractivity contribution is -0.166. The SMILES string of the molecule is Cc1cc(C(F)(F)C(=O)O)cc(Cl)c1Oc1ccc2[nH]cc(Cc3ccc(Cl)cc3)c2c1. The van der Waals surface area contributed by atoms with E-state index in [2.05, 4.69) is 4.98 Å². The zero-order chi connectivity index (χ0) is 23.0. The van der Waals surface area contributed by atoms with Crippen LogP contribution in [-0.4, -0.2) is 16.1 Å². The van der Waals surface area contributed by atoms with Gasteiger partial charge in [-0.2, -0.15) is 8.78 Å². The third-order valence-corrected chi connectivity index (χ3v) is 5.66. The second kappa shape index (κ2) is 8.45. The van der Waals surface area contributed by atoms with Gasteiger partial charge in [0.25, 0.3) is 0 Å². The summed E-state index contributed by atoms with van der Waals surface area (Å²) in [5.74, 6) is -5.64. The Morgan fingerprint density at radius 1 is 1.09 bits per heavy atom. The van der Waals surface area contributed by atoms with Crippen molar-refractivity contribution < 1.29 is 23.4 Å². The number of rotatable bonds is 6. The number of alkyl halides is 2. The fraction of sp³-hybridized carbons (Fsp3) is 0.125. The normalized spacial score (nSPS) is 11.7. The highest BCUT2D eigenvalue weighted by atomic mass is 35.5. The molecule has 4 nitrogen and oxygen atoms in total. The third-order valence-electron chi connectivity index (χ3n) is 5.13. The molecule has 0 spiro atoms. The van der Waals surface area contributed by atoms with E-state index in [1.807, 2.05) is 42.6 Å². The fourth-order valence-electron chi connectivity index (χ4n) is 3.47. The Morgan fingerprint density at radius 2 is 1.81 bits per heavy atom. The molecule has 2 N–H and O–H groups in total. The van der Waals surface area contributed by atoms with Crippen LogP contribution < -0.4 is 4.74 Å². The Bertz CT molecular complexity index is 1290. The lowest BCUT2D eigenvalue weighted by Gasteiger charge is -2.16. The minimum atomic E-state index is -4.05. The van der Waals surface area contributed by atoms with Gasteiger partial charge in [0.2, 0.25) is 0 Å². The molecule has 0 aliphatic carbocycles. The van der Waals surface area contributed by atoms with E-state index in [1.54, 1.807) is 6.07 Å². The molecule has 0 bridgehead atoms. The molecule has 3 aromatic carbocycles. The molecular weight excluding hydrogens is 459 g/mol. The van der Waals surface area contributed by atoms with Crippen molar-refractivity contribution in [3.8, 4) is 11.5 Å². The molecule has 164 valence electrons. The van der Waals surface area contributed by atoms with Crippen LogP contribution in [-0.2, 0) is 17.1 Å².